The Hall–Kier alpha value is -3.28. The fourth-order valence-electron chi connectivity index (χ4n) is 4.17. The molecule has 1 aliphatic heterocycles. The van der Waals surface area contributed by atoms with Crippen LogP contribution in [0.4, 0.5) is 5.95 Å². The van der Waals surface area contributed by atoms with Crippen LogP contribution in [-0.4, -0.2) is 72.4 Å². The molecular weight excluding hydrogens is 493 g/mol. The topological polar surface area (TPSA) is 126 Å². The van der Waals surface area contributed by atoms with Crippen LogP contribution in [0.25, 0.3) is 28.2 Å². The van der Waals surface area contributed by atoms with Gasteiger partial charge in [0, 0.05) is 42.4 Å². The molecule has 2 atom stereocenters. The summed E-state index contributed by atoms with van der Waals surface area (Å²) in [7, 11) is 1.57. The number of aromatic hydroxyl groups is 1. The maximum Gasteiger partial charge on any atom is 0.245 e. The molecular formula is C22H27Cl2N9O2. The minimum Gasteiger partial charge on any atom is -0.507 e. The normalized spacial score (nSPS) is 17.5. The lowest BCUT2D eigenvalue weighted by Gasteiger charge is -2.35. The number of aromatic nitrogens is 7. The third kappa shape index (κ3) is 5.21. The Kier molecular flexibility index (Phi) is 7.93. The fourth-order valence-corrected chi connectivity index (χ4v) is 4.17. The number of benzene rings is 1. The Morgan fingerprint density at radius 2 is 1.77 bits per heavy atom. The van der Waals surface area contributed by atoms with Gasteiger partial charge in [-0.3, -0.25) is 0 Å². The highest BCUT2D eigenvalue weighted by Gasteiger charge is 2.23. The van der Waals surface area contributed by atoms with E-state index >= 15 is 0 Å². The van der Waals surface area contributed by atoms with Gasteiger partial charge in [-0.2, -0.15) is 0 Å². The van der Waals surface area contributed by atoms with E-state index < -0.39 is 0 Å². The number of hydrogen-bond donors (Lipinski definition) is 2. The maximum absolute atomic E-state index is 10.7. The second-order valence-electron chi connectivity index (χ2n) is 8.32. The van der Waals surface area contributed by atoms with E-state index in [-0.39, 0.29) is 30.6 Å². The first-order chi connectivity index (χ1) is 15.9. The van der Waals surface area contributed by atoms with Crippen LogP contribution in [0.2, 0.25) is 0 Å². The Morgan fingerprint density at radius 3 is 2.40 bits per heavy atom. The van der Waals surface area contributed by atoms with Crippen molar-refractivity contribution in [2.24, 2.45) is 0 Å². The Labute approximate surface area is 214 Å². The highest BCUT2D eigenvalue weighted by atomic mass is 35.5. The zero-order valence-corrected chi connectivity index (χ0v) is 21.3. The number of aryl methyl sites for hydroxylation is 1. The van der Waals surface area contributed by atoms with Crippen LogP contribution in [-0.2, 0) is 0 Å². The van der Waals surface area contributed by atoms with Crippen LogP contribution in [0.1, 0.15) is 19.7 Å². The molecule has 2 N–H and O–H groups in total. The number of anilines is 1. The first kappa shape index (κ1) is 26.3. The summed E-state index contributed by atoms with van der Waals surface area (Å²) in [4.78, 5) is 10.9. The molecule has 35 heavy (non-hydrogen) atoms. The van der Waals surface area contributed by atoms with Crippen molar-refractivity contribution in [1.29, 1.82) is 0 Å². The number of halogens is 2. The van der Waals surface area contributed by atoms with Crippen molar-refractivity contribution in [3.8, 4) is 34.0 Å². The zero-order valence-electron chi connectivity index (χ0n) is 19.7. The van der Waals surface area contributed by atoms with Gasteiger partial charge in [-0.15, -0.1) is 49.8 Å². The lowest BCUT2D eigenvalue weighted by atomic mass is 10.1. The van der Waals surface area contributed by atoms with Gasteiger partial charge in [0.2, 0.25) is 11.6 Å². The number of piperazine rings is 1. The second-order valence-corrected chi connectivity index (χ2v) is 8.32. The largest absolute Gasteiger partial charge is 0.507 e. The van der Waals surface area contributed by atoms with Crippen molar-refractivity contribution in [3.05, 3.63) is 36.3 Å². The monoisotopic (exact) mass is 519 g/mol. The van der Waals surface area contributed by atoms with Gasteiger partial charge < -0.3 is 20.1 Å². The summed E-state index contributed by atoms with van der Waals surface area (Å²) < 4.78 is 6.87. The van der Waals surface area contributed by atoms with Crippen LogP contribution in [0.3, 0.4) is 0 Å². The summed E-state index contributed by atoms with van der Waals surface area (Å²) in [6.45, 7) is 7.69. The number of ether oxygens (including phenoxy) is 1. The van der Waals surface area contributed by atoms with E-state index in [0.29, 0.717) is 57.8 Å². The molecule has 13 heteroatoms. The van der Waals surface area contributed by atoms with Gasteiger partial charge in [-0.05, 0) is 32.9 Å². The summed E-state index contributed by atoms with van der Waals surface area (Å²) >= 11 is 0. The zero-order chi connectivity index (χ0) is 23.1. The van der Waals surface area contributed by atoms with Crippen molar-refractivity contribution in [2.45, 2.75) is 32.9 Å². The van der Waals surface area contributed by atoms with Crippen molar-refractivity contribution >= 4 is 36.4 Å². The predicted octanol–water partition coefficient (Wildman–Crippen LogP) is 2.70. The Bertz CT molecular complexity index is 1310. The van der Waals surface area contributed by atoms with Crippen LogP contribution >= 0.6 is 24.8 Å². The van der Waals surface area contributed by atoms with Crippen molar-refractivity contribution in [1.82, 2.24) is 40.3 Å². The highest BCUT2D eigenvalue weighted by molar-refractivity contribution is 5.85. The summed E-state index contributed by atoms with van der Waals surface area (Å²) in [6, 6.07) is 7.71. The van der Waals surface area contributed by atoms with Gasteiger partial charge in [0.25, 0.3) is 0 Å². The SMILES string of the molecule is COc1cc(-c2ccc(-c3cnc(N4C[C@@H](C)N[C@@H](C)C4)nn3)c(O)c2)nn2nc(C)nc12.Cl.Cl. The minimum atomic E-state index is 0. The summed E-state index contributed by atoms with van der Waals surface area (Å²) in [5.41, 5.74) is 2.86. The summed E-state index contributed by atoms with van der Waals surface area (Å²) in [5.74, 6) is 1.78. The van der Waals surface area contributed by atoms with E-state index in [2.05, 4.69) is 54.4 Å². The maximum atomic E-state index is 10.7. The first-order valence-corrected chi connectivity index (χ1v) is 10.7. The number of rotatable bonds is 4. The fraction of sp³-hybridized carbons (Fsp3) is 0.364. The molecule has 1 fully saturated rings. The lowest BCUT2D eigenvalue weighted by Crippen LogP contribution is -2.54. The smallest absolute Gasteiger partial charge is 0.245 e. The molecule has 11 nitrogen and oxygen atoms in total. The number of nitrogens with one attached hydrogen (secondary N) is 1. The standard InChI is InChI=1S/C22H25N9O2.2ClH/c1-12-10-30(11-13(2)24-12)22-23-9-18(26-27-22)16-6-5-15(7-19(16)32)17-8-20(33-4)21-25-14(3)28-31(21)29-17;;/h5-9,12-13,24,32H,10-11H2,1-4H3;2*1H/t12-,13+;;. The molecule has 0 radical (unpaired) electrons. The number of hydrogen-bond acceptors (Lipinski definition) is 10. The number of nitrogens with zero attached hydrogens (tertiary/aromatic N) is 8. The van der Waals surface area contributed by atoms with E-state index in [1.165, 1.54) is 4.63 Å². The van der Waals surface area contributed by atoms with E-state index in [4.69, 9.17) is 4.74 Å². The number of phenols is 1. The van der Waals surface area contributed by atoms with Crippen LogP contribution in [0.15, 0.2) is 30.5 Å². The van der Waals surface area contributed by atoms with Crippen LogP contribution in [0.5, 0.6) is 11.5 Å². The number of methoxy groups -OCH3 is 1. The van der Waals surface area contributed by atoms with Gasteiger partial charge >= 0.3 is 0 Å². The van der Waals surface area contributed by atoms with Crippen LogP contribution in [0, 0.1) is 6.92 Å². The second kappa shape index (κ2) is 10.5. The molecule has 1 aliphatic rings. The third-order valence-electron chi connectivity index (χ3n) is 5.57. The van der Waals surface area contributed by atoms with Gasteiger partial charge in [-0.25, -0.2) is 9.97 Å². The Balaban J connectivity index is 0.00000171. The average Bonchev–Trinajstić information content (AvgIpc) is 3.18. The van der Waals surface area contributed by atoms with E-state index in [1.54, 1.807) is 38.4 Å². The molecule has 1 aromatic carbocycles. The molecule has 0 saturated carbocycles. The molecule has 4 aromatic rings. The molecule has 4 heterocycles. The molecule has 5 rings (SSSR count). The lowest BCUT2D eigenvalue weighted by molar-refractivity contribution is 0.402. The van der Waals surface area contributed by atoms with Crippen LogP contribution < -0.4 is 15.0 Å². The molecule has 0 aliphatic carbocycles. The molecule has 0 unspecified atom stereocenters. The molecule has 0 amide bonds. The van der Waals surface area contributed by atoms with Gasteiger partial charge in [0.1, 0.15) is 11.4 Å². The van der Waals surface area contributed by atoms with Gasteiger partial charge in [-0.1, -0.05) is 6.07 Å². The van der Waals surface area contributed by atoms with Gasteiger partial charge in [0.05, 0.1) is 19.0 Å². The minimum absolute atomic E-state index is 0. The van der Waals surface area contributed by atoms with Crippen molar-refractivity contribution in [3.63, 3.8) is 0 Å². The average molecular weight is 520 g/mol. The number of fused-ring (bicyclic) bond motifs is 1. The molecule has 3 aromatic heterocycles. The van der Waals surface area contributed by atoms with Crippen molar-refractivity contribution < 1.29 is 9.84 Å². The molecule has 0 spiro atoms. The third-order valence-corrected chi connectivity index (χ3v) is 5.57. The molecule has 0 bridgehead atoms. The predicted molar refractivity (Wildman–Crippen MR) is 137 cm³/mol. The van der Waals surface area contributed by atoms with Crippen molar-refractivity contribution in [2.75, 3.05) is 25.1 Å². The first-order valence-electron chi connectivity index (χ1n) is 10.7. The Morgan fingerprint density at radius 1 is 1.03 bits per heavy atom. The van der Waals surface area contributed by atoms with Gasteiger partial charge in [0.15, 0.2) is 11.6 Å². The van der Waals surface area contributed by atoms with E-state index in [0.717, 1.165) is 13.1 Å². The van der Waals surface area contributed by atoms with E-state index in [9.17, 15) is 5.11 Å². The molecule has 1 saturated heterocycles. The summed E-state index contributed by atoms with van der Waals surface area (Å²) in [6.07, 6.45) is 1.64. The highest BCUT2D eigenvalue weighted by Crippen LogP contribution is 2.33. The van der Waals surface area contributed by atoms with E-state index in [1.807, 2.05) is 6.07 Å². The number of phenolic OH excluding ortho intramolecular Hbond substituents is 1. The summed E-state index contributed by atoms with van der Waals surface area (Å²) in [5, 5.41) is 31.6. The molecule has 186 valence electrons. The quantitative estimate of drug-likeness (QED) is 0.415.